The lowest BCUT2D eigenvalue weighted by molar-refractivity contribution is -0.205. The Bertz CT molecular complexity index is 751. The van der Waals surface area contributed by atoms with Crippen molar-refractivity contribution in [2.45, 2.75) is 41.7 Å². The lowest BCUT2D eigenvalue weighted by Crippen LogP contribution is -2.57. The van der Waals surface area contributed by atoms with Gasteiger partial charge < -0.3 is 24.8 Å². The van der Waals surface area contributed by atoms with E-state index >= 15 is 0 Å². The molecule has 0 radical (unpaired) electrons. The standard InChI is InChI=1S/C20H22O6S/c1-12-7-9-14(10-8-12)27-20-18(23)17(22)16(21)15(26-20)11-25-19(24)13-5-3-2-4-6-13/h2-10,15-18,20-23H,11H2,1H3/t15-,16-,17+,18-,20+/m1/s1. The third-order valence-electron chi connectivity index (χ3n) is 4.33. The summed E-state index contributed by atoms with van der Waals surface area (Å²) >= 11 is 1.24. The molecule has 0 saturated carbocycles. The quantitative estimate of drug-likeness (QED) is 0.670. The van der Waals surface area contributed by atoms with Crippen LogP contribution in [0.5, 0.6) is 0 Å². The van der Waals surface area contributed by atoms with Crippen molar-refractivity contribution in [3.8, 4) is 0 Å². The van der Waals surface area contributed by atoms with Gasteiger partial charge >= 0.3 is 5.97 Å². The van der Waals surface area contributed by atoms with E-state index < -0.39 is 35.8 Å². The first-order valence-corrected chi connectivity index (χ1v) is 9.49. The minimum absolute atomic E-state index is 0.233. The summed E-state index contributed by atoms with van der Waals surface area (Å²) in [6.45, 7) is 1.74. The summed E-state index contributed by atoms with van der Waals surface area (Å²) in [7, 11) is 0. The SMILES string of the molecule is Cc1ccc(S[C@@H]2O[C@H](COC(=O)c3ccccc3)[C@@H](O)[C@H](O)[C@H]2O)cc1. The van der Waals surface area contributed by atoms with E-state index in [4.69, 9.17) is 9.47 Å². The van der Waals surface area contributed by atoms with Gasteiger partial charge in [0.25, 0.3) is 0 Å². The number of hydrogen-bond acceptors (Lipinski definition) is 7. The molecule has 0 unspecified atom stereocenters. The van der Waals surface area contributed by atoms with Gasteiger partial charge in [-0.2, -0.15) is 0 Å². The average molecular weight is 390 g/mol. The summed E-state index contributed by atoms with van der Waals surface area (Å²) in [5.41, 5.74) is 0.686. The lowest BCUT2D eigenvalue weighted by Gasteiger charge is -2.40. The lowest BCUT2D eigenvalue weighted by atomic mass is 10.0. The molecule has 0 amide bonds. The van der Waals surface area contributed by atoms with E-state index in [0.717, 1.165) is 10.5 Å². The van der Waals surface area contributed by atoms with Crippen LogP contribution in [-0.2, 0) is 9.47 Å². The van der Waals surface area contributed by atoms with Gasteiger partial charge in [-0.3, -0.25) is 0 Å². The van der Waals surface area contributed by atoms with Crippen LogP contribution in [0.3, 0.4) is 0 Å². The predicted octanol–water partition coefficient (Wildman–Crippen LogP) is 1.75. The molecule has 3 rings (SSSR count). The fourth-order valence-electron chi connectivity index (χ4n) is 2.72. The van der Waals surface area contributed by atoms with Crippen molar-refractivity contribution < 1.29 is 29.6 Å². The molecule has 2 aromatic rings. The Balaban J connectivity index is 1.64. The number of aryl methyl sites for hydroxylation is 1. The molecule has 1 saturated heterocycles. The van der Waals surface area contributed by atoms with Gasteiger partial charge in [0, 0.05) is 4.90 Å². The van der Waals surface area contributed by atoms with E-state index in [-0.39, 0.29) is 6.61 Å². The summed E-state index contributed by atoms with van der Waals surface area (Å²) in [6.07, 6.45) is -4.98. The highest BCUT2D eigenvalue weighted by Gasteiger charge is 2.44. The maximum atomic E-state index is 12.1. The molecule has 27 heavy (non-hydrogen) atoms. The second kappa shape index (κ2) is 8.86. The van der Waals surface area contributed by atoms with E-state index in [1.54, 1.807) is 30.3 Å². The van der Waals surface area contributed by atoms with Crippen LogP contribution in [0.4, 0.5) is 0 Å². The Labute approximate surface area is 161 Å². The Kier molecular flexibility index (Phi) is 6.51. The predicted molar refractivity (Wildman–Crippen MR) is 100 cm³/mol. The molecular formula is C20H22O6S. The highest BCUT2D eigenvalue weighted by Crippen LogP contribution is 2.33. The number of rotatable bonds is 5. The van der Waals surface area contributed by atoms with E-state index in [1.165, 1.54) is 11.8 Å². The summed E-state index contributed by atoms with van der Waals surface area (Å²) < 4.78 is 10.9. The number of hydrogen-bond donors (Lipinski definition) is 3. The van der Waals surface area contributed by atoms with E-state index in [2.05, 4.69) is 0 Å². The minimum Gasteiger partial charge on any atom is -0.459 e. The number of carbonyl (C=O) groups is 1. The first-order chi connectivity index (χ1) is 13.0. The van der Waals surface area contributed by atoms with Gasteiger partial charge in [0.1, 0.15) is 36.5 Å². The zero-order chi connectivity index (χ0) is 19.4. The highest BCUT2D eigenvalue weighted by molar-refractivity contribution is 7.99. The molecule has 1 aliphatic heterocycles. The first kappa shape index (κ1) is 19.9. The maximum Gasteiger partial charge on any atom is 0.338 e. The van der Waals surface area contributed by atoms with Crippen molar-refractivity contribution in [2.75, 3.05) is 6.61 Å². The monoisotopic (exact) mass is 390 g/mol. The number of esters is 1. The normalized spacial score (nSPS) is 27.9. The fourth-order valence-corrected chi connectivity index (χ4v) is 3.78. The summed E-state index contributed by atoms with van der Waals surface area (Å²) in [4.78, 5) is 12.9. The van der Waals surface area contributed by atoms with E-state index in [1.807, 2.05) is 31.2 Å². The van der Waals surface area contributed by atoms with Gasteiger partial charge in [0.15, 0.2) is 0 Å². The number of benzene rings is 2. The van der Waals surface area contributed by atoms with Crippen LogP contribution in [0.1, 0.15) is 15.9 Å². The molecule has 1 aliphatic rings. The first-order valence-electron chi connectivity index (χ1n) is 8.61. The molecule has 0 spiro atoms. The molecule has 6 nitrogen and oxygen atoms in total. The smallest absolute Gasteiger partial charge is 0.338 e. The largest absolute Gasteiger partial charge is 0.459 e. The molecule has 144 valence electrons. The van der Waals surface area contributed by atoms with Crippen molar-refractivity contribution in [3.05, 3.63) is 65.7 Å². The average Bonchev–Trinajstić information content (AvgIpc) is 2.69. The Morgan fingerprint density at radius 2 is 1.67 bits per heavy atom. The van der Waals surface area contributed by atoms with Crippen LogP contribution in [-0.4, -0.2) is 57.7 Å². The van der Waals surface area contributed by atoms with Crippen molar-refractivity contribution in [1.82, 2.24) is 0 Å². The van der Waals surface area contributed by atoms with Crippen molar-refractivity contribution in [2.24, 2.45) is 0 Å². The van der Waals surface area contributed by atoms with Crippen LogP contribution < -0.4 is 0 Å². The second-order valence-corrected chi connectivity index (χ2v) is 7.58. The third-order valence-corrected chi connectivity index (χ3v) is 5.50. The molecule has 3 N–H and O–H groups in total. The number of carbonyl (C=O) groups excluding carboxylic acids is 1. The fraction of sp³-hybridized carbons (Fsp3) is 0.350. The highest BCUT2D eigenvalue weighted by atomic mass is 32.2. The summed E-state index contributed by atoms with van der Waals surface area (Å²) in [6, 6.07) is 16.1. The van der Waals surface area contributed by atoms with Crippen molar-refractivity contribution in [3.63, 3.8) is 0 Å². The van der Waals surface area contributed by atoms with Crippen LogP contribution in [0.15, 0.2) is 59.5 Å². The zero-order valence-corrected chi connectivity index (χ0v) is 15.6. The van der Waals surface area contributed by atoms with Crippen molar-refractivity contribution >= 4 is 17.7 Å². The molecule has 7 heteroatoms. The molecule has 2 aromatic carbocycles. The van der Waals surface area contributed by atoms with Crippen LogP contribution >= 0.6 is 11.8 Å². The van der Waals surface area contributed by atoms with Crippen molar-refractivity contribution in [1.29, 1.82) is 0 Å². The molecule has 5 atom stereocenters. The van der Waals surface area contributed by atoms with E-state index in [0.29, 0.717) is 5.56 Å². The molecule has 0 aromatic heterocycles. The van der Waals surface area contributed by atoms with Gasteiger partial charge in [0.05, 0.1) is 5.56 Å². The van der Waals surface area contributed by atoms with Gasteiger partial charge in [-0.25, -0.2) is 4.79 Å². The van der Waals surface area contributed by atoms with Gasteiger partial charge in [0.2, 0.25) is 0 Å². The van der Waals surface area contributed by atoms with Crippen LogP contribution in [0.25, 0.3) is 0 Å². The van der Waals surface area contributed by atoms with Gasteiger partial charge in [-0.1, -0.05) is 47.7 Å². The van der Waals surface area contributed by atoms with Crippen LogP contribution in [0, 0.1) is 6.92 Å². The summed E-state index contributed by atoms with van der Waals surface area (Å²) in [5.74, 6) is -0.547. The van der Waals surface area contributed by atoms with Crippen LogP contribution in [0.2, 0.25) is 0 Å². The topological polar surface area (TPSA) is 96.2 Å². The number of aliphatic hydroxyl groups is 3. The zero-order valence-electron chi connectivity index (χ0n) is 14.8. The van der Waals surface area contributed by atoms with Gasteiger partial charge in [-0.05, 0) is 31.2 Å². The number of thioether (sulfide) groups is 1. The minimum atomic E-state index is -1.40. The molecule has 0 aliphatic carbocycles. The number of ether oxygens (including phenoxy) is 2. The molecule has 1 fully saturated rings. The maximum absolute atomic E-state index is 12.1. The van der Waals surface area contributed by atoms with E-state index in [9.17, 15) is 20.1 Å². The molecule has 0 bridgehead atoms. The Hall–Kier alpha value is -1.90. The molecule has 1 heterocycles. The third kappa shape index (κ3) is 4.88. The molecular weight excluding hydrogens is 368 g/mol. The van der Waals surface area contributed by atoms with Gasteiger partial charge in [-0.15, -0.1) is 0 Å². The Morgan fingerprint density at radius 3 is 2.33 bits per heavy atom. The summed E-state index contributed by atoms with van der Waals surface area (Å²) in [5, 5.41) is 30.6. The number of aliphatic hydroxyl groups excluding tert-OH is 3. The second-order valence-electron chi connectivity index (χ2n) is 6.41. The Morgan fingerprint density at radius 1 is 1.00 bits per heavy atom.